The van der Waals surface area contributed by atoms with Gasteiger partial charge in [0.25, 0.3) is 0 Å². The zero-order valence-electron chi connectivity index (χ0n) is 12.7. The first-order valence-electron chi connectivity index (χ1n) is 7.11. The minimum atomic E-state index is -0.0542. The molecule has 0 fully saturated rings. The fourth-order valence-corrected chi connectivity index (χ4v) is 2.10. The van der Waals surface area contributed by atoms with Gasteiger partial charge in [-0.1, -0.05) is 26.0 Å². The molecule has 20 heavy (non-hydrogen) atoms. The molecule has 112 valence electrons. The van der Waals surface area contributed by atoms with E-state index >= 15 is 0 Å². The van der Waals surface area contributed by atoms with Crippen molar-refractivity contribution < 1.29 is 9.90 Å². The monoisotopic (exact) mass is 278 g/mol. The summed E-state index contributed by atoms with van der Waals surface area (Å²) in [6.07, 6.45) is 1.86. The summed E-state index contributed by atoms with van der Waals surface area (Å²) >= 11 is 0. The van der Waals surface area contributed by atoms with Crippen molar-refractivity contribution in [2.24, 2.45) is 5.41 Å². The van der Waals surface area contributed by atoms with E-state index in [1.165, 1.54) is 12.5 Å². The lowest BCUT2D eigenvalue weighted by molar-refractivity contribution is -0.114. The lowest BCUT2D eigenvalue weighted by Gasteiger charge is -2.24. The van der Waals surface area contributed by atoms with Crippen LogP contribution in [-0.4, -0.2) is 24.2 Å². The van der Waals surface area contributed by atoms with Crippen molar-refractivity contribution >= 4 is 11.6 Å². The number of hydrogen-bond donors (Lipinski definition) is 3. The Labute approximate surface area is 121 Å². The predicted molar refractivity (Wildman–Crippen MR) is 82.6 cm³/mol. The van der Waals surface area contributed by atoms with Crippen molar-refractivity contribution in [3.63, 3.8) is 0 Å². The van der Waals surface area contributed by atoms with Gasteiger partial charge in [0.1, 0.15) is 0 Å². The molecule has 3 N–H and O–H groups in total. The second-order valence-electron chi connectivity index (χ2n) is 5.97. The molecule has 0 aliphatic heterocycles. The number of aliphatic hydroxyl groups excluding tert-OH is 1. The van der Waals surface area contributed by atoms with E-state index in [4.69, 9.17) is 5.11 Å². The van der Waals surface area contributed by atoms with Gasteiger partial charge < -0.3 is 15.7 Å². The van der Waals surface area contributed by atoms with Crippen LogP contribution in [0.1, 0.15) is 39.2 Å². The SMILES string of the molecule is CC(=O)Nc1ccc(CNCC(C)(C)CCCO)cc1. The Balaban J connectivity index is 2.36. The maximum atomic E-state index is 10.9. The Morgan fingerprint density at radius 1 is 1.25 bits per heavy atom. The van der Waals surface area contributed by atoms with Gasteiger partial charge in [-0.2, -0.15) is 0 Å². The summed E-state index contributed by atoms with van der Waals surface area (Å²) in [5.41, 5.74) is 2.21. The normalized spacial score (nSPS) is 11.4. The van der Waals surface area contributed by atoms with Crippen LogP contribution in [0.4, 0.5) is 5.69 Å². The fraction of sp³-hybridized carbons (Fsp3) is 0.562. The van der Waals surface area contributed by atoms with Crippen molar-refractivity contribution in [2.45, 2.75) is 40.2 Å². The molecule has 0 aliphatic rings. The molecule has 1 rings (SSSR count). The Morgan fingerprint density at radius 2 is 1.90 bits per heavy atom. The van der Waals surface area contributed by atoms with Crippen LogP contribution in [0.15, 0.2) is 24.3 Å². The molecule has 1 aromatic carbocycles. The molecule has 0 radical (unpaired) electrons. The van der Waals surface area contributed by atoms with Crippen molar-refractivity contribution in [1.29, 1.82) is 0 Å². The Kier molecular flexibility index (Phi) is 6.68. The van der Waals surface area contributed by atoms with Crippen LogP contribution in [0.5, 0.6) is 0 Å². The summed E-state index contributed by atoms with van der Waals surface area (Å²) in [5.74, 6) is -0.0542. The van der Waals surface area contributed by atoms with Gasteiger partial charge >= 0.3 is 0 Å². The second kappa shape index (κ2) is 8.02. The molecule has 1 amide bonds. The third kappa shape index (κ3) is 6.68. The maximum Gasteiger partial charge on any atom is 0.221 e. The summed E-state index contributed by atoms with van der Waals surface area (Å²) < 4.78 is 0. The van der Waals surface area contributed by atoms with Gasteiger partial charge in [-0.15, -0.1) is 0 Å². The zero-order chi connectivity index (χ0) is 15.0. The van der Waals surface area contributed by atoms with E-state index in [1.807, 2.05) is 24.3 Å². The third-order valence-electron chi connectivity index (χ3n) is 3.22. The molecule has 0 heterocycles. The van der Waals surface area contributed by atoms with E-state index in [9.17, 15) is 4.79 Å². The minimum absolute atomic E-state index is 0.0542. The average Bonchev–Trinajstić information content (AvgIpc) is 2.38. The van der Waals surface area contributed by atoms with Crippen LogP contribution < -0.4 is 10.6 Å². The number of carbonyl (C=O) groups is 1. The lowest BCUT2D eigenvalue weighted by atomic mass is 9.88. The van der Waals surface area contributed by atoms with Gasteiger partial charge in [-0.25, -0.2) is 0 Å². The summed E-state index contributed by atoms with van der Waals surface area (Å²) in [7, 11) is 0. The van der Waals surface area contributed by atoms with Crippen LogP contribution in [0.3, 0.4) is 0 Å². The van der Waals surface area contributed by atoms with Gasteiger partial charge in [0.05, 0.1) is 0 Å². The summed E-state index contributed by atoms with van der Waals surface area (Å²) in [4.78, 5) is 10.9. The van der Waals surface area contributed by atoms with Gasteiger partial charge in [0.2, 0.25) is 5.91 Å². The second-order valence-corrected chi connectivity index (χ2v) is 5.97. The first-order chi connectivity index (χ1) is 9.43. The van der Waals surface area contributed by atoms with E-state index in [1.54, 1.807) is 0 Å². The standard InChI is InChI=1S/C16H26N2O2/c1-13(20)18-15-7-5-14(6-8-15)11-17-12-16(2,3)9-4-10-19/h5-8,17,19H,4,9-12H2,1-3H3,(H,18,20). The lowest BCUT2D eigenvalue weighted by Crippen LogP contribution is -2.29. The maximum absolute atomic E-state index is 10.9. The molecule has 0 bridgehead atoms. The van der Waals surface area contributed by atoms with Gasteiger partial charge in [0, 0.05) is 32.3 Å². The molecule has 0 saturated heterocycles. The number of rotatable bonds is 8. The molecular weight excluding hydrogens is 252 g/mol. The number of aliphatic hydroxyl groups is 1. The Bertz CT molecular complexity index is 413. The van der Waals surface area contributed by atoms with Gasteiger partial charge in [-0.3, -0.25) is 4.79 Å². The highest BCUT2D eigenvalue weighted by Gasteiger charge is 2.16. The number of nitrogens with one attached hydrogen (secondary N) is 2. The van der Waals surface area contributed by atoms with Gasteiger partial charge in [-0.05, 0) is 36.0 Å². The average molecular weight is 278 g/mol. The zero-order valence-corrected chi connectivity index (χ0v) is 12.7. The highest BCUT2D eigenvalue weighted by Crippen LogP contribution is 2.21. The highest BCUT2D eigenvalue weighted by atomic mass is 16.2. The van der Waals surface area contributed by atoms with Crippen LogP contribution in [-0.2, 0) is 11.3 Å². The molecule has 1 aromatic rings. The Hall–Kier alpha value is -1.39. The Morgan fingerprint density at radius 3 is 2.45 bits per heavy atom. The van der Waals surface area contributed by atoms with Crippen LogP contribution in [0.2, 0.25) is 0 Å². The van der Waals surface area contributed by atoms with Crippen molar-refractivity contribution in [1.82, 2.24) is 5.32 Å². The van der Waals surface area contributed by atoms with E-state index in [2.05, 4.69) is 24.5 Å². The first kappa shape index (κ1) is 16.7. The minimum Gasteiger partial charge on any atom is -0.396 e. The molecule has 0 aromatic heterocycles. The summed E-state index contributed by atoms with van der Waals surface area (Å²) in [6, 6.07) is 7.85. The highest BCUT2D eigenvalue weighted by molar-refractivity contribution is 5.88. The van der Waals surface area contributed by atoms with E-state index in [-0.39, 0.29) is 17.9 Å². The van der Waals surface area contributed by atoms with E-state index < -0.39 is 0 Å². The molecule has 0 atom stereocenters. The molecule has 4 nitrogen and oxygen atoms in total. The number of anilines is 1. The van der Waals surface area contributed by atoms with Gasteiger partial charge in [0.15, 0.2) is 0 Å². The van der Waals surface area contributed by atoms with Crippen LogP contribution in [0, 0.1) is 5.41 Å². The quantitative estimate of drug-likeness (QED) is 0.685. The number of benzene rings is 1. The summed E-state index contributed by atoms with van der Waals surface area (Å²) in [6.45, 7) is 7.90. The molecule has 4 heteroatoms. The molecular formula is C16H26N2O2. The van der Waals surface area contributed by atoms with Crippen molar-refractivity contribution in [3.05, 3.63) is 29.8 Å². The van der Waals surface area contributed by atoms with Crippen molar-refractivity contribution in [2.75, 3.05) is 18.5 Å². The largest absolute Gasteiger partial charge is 0.396 e. The summed E-state index contributed by atoms with van der Waals surface area (Å²) in [5, 5.41) is 15.1. The van der Waals surface area contributed by atoms with E-state index in [0.717, 1.165) is 31.6 Å². The van der Waals surface area contributed by atoms with Crippen LogP contribution in [0.25, 0.3) is 0 Å². The predicted octanol–water partition coefficient (Wildman–Crippen LogP) is 2.53. The smallest absolute Gasteiger partial charge is 0.221 e. The van der Waals surface area contributed by atoms with E-state index in [0.29, 0.717) is 0 Å². The molecule has 0 saturated carbocycles. The number of carbonyl (C=O) groups excluding carboxylic acids is 1. The topological polar surface area (TPSA) is 61.4 Å². The number of hydrogen-bond acceptors (Lipinski definition) is 3. The first-order valence-corrected chi connectivity index (χ1v) is 7.11. The fourth-order valence-electron chi connectivity index (χ4n) is 2.10. The van der Waals surface area contributed by atoms with Crippen LogP contribution >= 0.6 is 0 Å². The van der Waals surface area contributed by atoms with Crippen molar-refractivity contribution in [3.8, 4) is 0 Å². The molecule has 0 aliphatic carbocycles. The third-order valence-corrected chi connectivity index (χ3v) is 3.22. The molecule has 0 spiro atoms. The number of amides is 1. The molecule has 0 unspecified atom stereocenters.